The van der Waals surface area contributed by atoms with E-state index < -0.39 is 18.0 Å². The summed E-state index contributed by atoms with van der Waals surface area (Å²) in [5.74, 6) is -1.67. The van der Waals surface area contributed by atoms with E-state index in [1.54, 1.807) is 0 Å². The highest BCUT2D eigenvalue weighted by Gasteiger charge is 2.25. The fourth-order valence-corrected chi connectivity index (χ4v) is 2.15. The molecular formula is C15H26F2O2. The molecule has 0 N–H and O–H groups in total. The lowest BCUT2D eigenvalue weighted by molar-refractivity contribution is -0.145. The average molecular weight is 276 g/mol. The van der Waals surface area contributed by atoms with Crippen molar-refractivity contribution in [2.75, 3.05) is 0 Å². The van der Waals surface area contributed by atoms with Crippen molar-refractivity contribution in [1.82, 2.24) is 0 Å². The maximum absolute atomic E-state index is 12.3. The largest absolute Gasteiger partial charge is 0.314 e. The van der Waals surface area contributed by atoms with Gasteiger partial charge in [0.15, 0.2) is 0 Å². The summed E-state index contributed by atoms with van der Waals surface area (Å²) in [5.41, 5.74) is 0. The molecule has 0 aliphatic carbocycles. The molecule has 0 heterocycles. The van der Waals surface area contributed by atoms with Gasteiger partial charge in [-0.15, -0.1) is 0 Å². The van der Waals surface area contributed by atoms with E-state index in [9.17, 15) is 18.4 Å². The highest BCUT2D eigenvalue weighted by Crippen LogP contribution is 2.16. The molecule has 0 bridgehead atoms. The third-order valence-corrected chi connectivity index (χ3v) is 3.39. The second-order valence-electron chi connectivity index (χ2n) is 5.13. The SMILES string of the molecule is CCCCCCCCCCCCC(C(=O)F)C(=O)F. The maximum Gasteiger partial charge on any atom is 0.314 e. The summed E-state index contributed by atoms with van der Waals surface area (Å²) in [4.78, 5) is 20.7. The van der Waals surface area contributed by atoms with Gasteiger partial charge in [-0.25, -0.2) is 0 Å². The Bertz CT molecular complexity index is 241. The molecular weight excluding hydrogens is 250 g/mol. The third-order valence-electron chi connectivity index (χ3n) is 3.39. The van der Waals surface area contributed by atoms with Crippen LogP contribution in [0.2, 0.25) is 0 Å². The minimum Gasteiger partial charge on any atom is -0.260 e. The number of carbonyl (C=O) groups is 2. The van der Waals surface area contributed by atoms with Gasteiger partial charge in [-0.2, -0.15) is 8.78 Å². The molecule has 0 saturated heterocycles. The van der Waals surface area contributed by atoms with E-state index in [1.807, 2.05) is 0 Å². The lowest BCUT2D eigenvalue weighted by Crippen LogP contribution is -2.17. The Balaban J connectivity index is 3.35. The molecule has 0 unspecified atom stereocenters. The van der Waals surface area contributed by atoms with Crippen molar-refractivity contribution in [2.24, 2.45) is 5.92 Å². The van der Waals surface area contributed by atoms with Crippen molar-refractivity contribution in [3.05, 3.63) is 0 Å². The lowest BCUT2D eigenvalue weighted by atomic mass is 10.0. The van der Waals surface area contributed by atoms with Crippen LogP contribution in [0.4, 0.5) is 8.78 Å². The molecule has 2 nitrogen and oxygen atoms in total. The van der Waals surface area contributed by atoms with Crippen LogP contribution in [0.3, 0.4) is 0 Å². The van der Waals surface area contributed by atoms with E-state index in [0.717, 1.165) is 19.3 Å². The smallest absolute Gasteiger partial charge is 0.260 e. The van der Waals surface area contributed by atoms with E-state index >= 15 is 0 Å². The molecule has 4 heteroatoms. The minimum atomic E-state index is -1.84. The van der Waals surface area contributed by atoms with Gasteiger partial charge in [0.25, 0.3) is 0 Å². The van der Waals surface area contributed by atoms with Crippen LogP contribution in [0.15, 0.2) is 0 Å². The minimum absolute atomic E-state index is 0.00116. The standard InChI is InChI=1S/C15H26F2O2/c1-2-3-4-5-6-7-8-9-10-11-12-13(14(16)18)15(17)19/h13H,2-12H2,1H3. The van der Waals surface area contributed by atoms with Crippen molar-refractivity contribution in [1.29, 1.82) is 0 Å². The van der Waals surface area contributed by atoms with E-state index in [0.29, 0.717) is 6.42 Å². The second kappa shape index (κ2) is 12.2. The molecule has 19 heavy (non-hydrogen) atoms. The molecule has 0 aliphatic heterocycles. The first-order chi connectivity index (χ1) is 9.09. The van der Waals surface area contributed by atoms with Crippen LogP contribution in [0.25, 0.3) is 0 Å². The Morgan fingerprint density at radius 2 is 1.11 bits per heavy atom. The first-order valence-electron chi connectivity index (χ1n) is 7.48. The predicted molar refractivity (Wildman–Crippen MR) is 72.2 cm³/mol. The van der Waals surface area contributed by atoms with Crippen LogP contribution in [0.5, 0.6) is 0 Å². The van der Waals surface area contributed by atoms with Gasteiger partial charge in [-0.3, -0.25) is 9.59 Å². The van der Waals surface area contributed by atoms with Gasteiger partial charge in [0.2, 0.25) is 0 Å². The summed E-state index contributed by atoms with van der Waals surface area (Å²) in [5, 5.41) is 0. The first kappa shape index (κ1) is 18.2. The monoisotopic (exact) mass is 276 g/mol. The molecule has 0 saturated carbocycles. The fourth-order valence-electron chi connectivity index (χ4n) is 2.15. The molecule has 0 amide bonds. The lowest BCUT2D eigenvalue weighted by Gasteiger charge is -2.05. The molecule has 0 atom stereocenters. The van der Waals surface area contributed by atoms with Crippen molar-refractivity contribution in [3.63, 3.8) is 0 Å². The van der Waals surface area contributed by atoms with Crippen LogP contribution >= 0.6 is 0 Å². The molecule has 0 rings (SSSR count). The third kappa shape index (κ3) is 10.8. The Kier molecular flexibility index (Phi) is 11.7. The Hall–Kier alpha value is -0.800. The second-order valence-corrected chi connectivity index (χ2v) is 5.13. The number of halogens is 2. The molecule has 0 aliphatic rings. The molecule has 0 fully saturated rings. The van der Waals surface area contributed by atoms with Gasteiger partial charge in [0.05, 0.1) is 0 Å². The summed E-state index contributed by atoms with van der Waals surface area (Å²) < 4.78 is 24.6. The number of unbranched alkanes of at least 4 members (excludes halogenated alkanes) is 9. The van der Waals surface area contributed by atoms with Crippen LogP contribution in [0.1, 0.15) is 77.6 Å². The summed E-state index contributed by atoms with van der Waals surface area (Å²) in [7, 11) is 0. The van der Waals surface area contributed by atoms with Crippen LogP contribution in [0, 0.1) is 5.92 Å². The summed E-state index contributed by atoms with van der Waals surface area (Å²) in [6.45, 7) is 2.19. The van der Waals surface area contributed by atoms with E-state index in [2.05, 4.69) is 6.92 Å². The normalized spacial score (nSPS) is 10.9. The Labute approximate surface area is 115 Å². The highest BCUT2D eigenvalue weighted by molar-refractivity contribution is 5.93. The van der Waals surface area contributed by atoms with Gasteiger partial charge in [-0.05, 0) is 6.42 Å². The van der Waals surface area contributed by atoms with E-state index in [-0.39, 0.29) is 6.42 Å². The highest BCUT2D eigenvalue weighted by atomic mass is 19.1. The molecule has 0 aromatic carbocycles. The molecule has 0 spiro atoms. The van der Waals surface area contributed by atoms with Crippen molar-refractivity contribution in [3.8, 4) is 0 Å². The average Bonchev–Trinajstić information content (AvgIpc) is 2.35. The molecule has 0 aromatic heterocycles. The summed E-state index contributed by atoms with van der Waals surface area (Å²) >= 11 is 0. The zero-order valence-corrected chi connectivity index (χ0v) is 11.9. The van der Waals surface area contributed by atoms with Crippen molar-refractivity contribution >= 4 is 12.1 Å². The topological polar surface area (TPSA) is 34.1 Å². The zero-order valence-electron chi connectivity index (χ0n) is 11.9. The van der Waals surface area contributed by atoms with Gasteiger partial charge in [0.1, 0.15) is 5.92 Å². The maximum atomic E-state index is 12.3. The number of hydrogen-bond acceptors (Lipinski definition) is 2. The fraction of sp³-hybridized carbons (Fsp3) is 0.867. The van der Waals surface area contributed by atoms with Gasteiger partial charge < -0.3 is 0 Å². The molecule has 0 radical (unpaired) electrons. The van der Waals surface area contributed by atoms with Crippen molar-refractivity contribution in [2.45, 2.75) is 77.6 Å². The van der Waals surface area contributed by atoms with Gasteiger partial charge >= 0.3 is 12.1 Å². The summed E-state index contributed by atoms with van der Waals surface area (Å²) in [6.07, 6.45) is 11.0. The number of rotatable bonds is 13. The number of carbonyl (C=O) groups excluding carboxylic acids is 2. The van der Waals surface area contributed by atoms with Crippen molar-refractivity contribution < 1.29 is 18.4 Å². The predicted octanol–water partition coefficient (Wildman–Crippen LogP) is 4.91. The van der Waals surface area contributed by atoms with Crippen LogP contribution in [-0.2, 0) is 9.59 Å². The summed E-state index contributed by atoms with van der Waals surface area (Å²) in [6, 6.07) is -3.69. The van der Waals surface area contributed by atoms with Gasteiger partial charge in [0, 0.05) is 0 Å². The van der Waals surface area contributed by atoms with E-state index in [1.165, 1.54) is 38.5 Å². The van der Waals surface area contributed by atoms with E-state index in [4.69, 9.17) is 0 Å². The zero-order chi connectivity index (χ0) is 14.5. The molecule has 112 valence electrons. The molecule has 0 aromatic rings. The number of hydrogen-bond donors (Lipinski definition) is 0. The Morgan fingerprint density at radius 3 is 1.47 bits per heavy atom. The Morgan fingerprint density at radius 1 is 0.737 bits per heavy atom. The quantitative estimate of drug-likeness (QED) is 0.272. The van der Waals surface area contributed by atoms with Gasteiger partial charge in [-0.1, -0.05) is 71.1 Å². The first-order valence-corrected chi connectivity index (χ1v) is 7.48. The van der Waals surface area contributed by atoms with Crippen LogP contribution in [-0.4, -0.2) is 12.1 Å². The van der Waals surface area contributed by atoms with Crippen LogP contribution < -0.4 is 0 Å².